The van der Waals surface area contributed by atoms with E-state index in [2.05, 4.69) is 21.7 Å². The van der Waals surface area contributed by atoms with Crippen molar-refractivity contribution >= 4 is 28.7 Å². The van der Waals surface area contributed by atoms with Gasteiger partial charge in [-0.3, -0.25) is 9.69 Å². The minimum atomic E-state index is -0.333. The Morgan fingerprint density at radius 3 is 2.39 bits per heavy atom. The van der Waals surface area contributed by atoms with Crippen molar-refractivity contribution in [1.29, 1.82) is 0 Å². The monoisotopic (exact) mass is 452 g/mol. The summed E-state index contributed by atoms with van der Waals surface area (Å²) in [7, 11) is 3.48. The van der Waals surface area contributed by atoms with Gasteiger partial charge in [-0.15, -0.1) is 0 Å². The number of fused-ring (bicyclic) bond motifs is 1. The van der Waals surface area contributed by atoms with Crippen molar-refractivity contribution in [2.24, 2.45) is 0 Å². The molecule has 0 unspecified atom stereocenters. The summed E-state index contributed by atoms with van der Waals surface area (Å²) < 4.78 is 15.2. The Bertz CT molecular complexity index is 1150. The number of urea groups is 1. The number of rotatable bonds is 5. The molecule has 1 fully saturated rings. The number of hydrogen-bond donors (Lipinski definition) is 1. The van der Waals surface area contributed by atoms with E-state index in [1.807, 2.05) is 18.2 Å². The van der Waals surface area contributed by atoms with Gasteiger partial charge in [0.05, 0.1) is 17.6 Å². The molecule has 1 saturated heterocycles. The molecule has 1 aromatic heterocycles. The Labute approximate surface area is 192 Å². The first kappa shape index (κ1) is 22.7. The fourth-order valence-corrected chi connectivity index (χ4v) is 4.09. The lowest BCUT2D eigenvalue weighted by Crippen LogP contribution is -2.49. The van der Waals surface area contributed by atoms with Crippen molar-refractivity contribution in [3.8, 4) is 0 Å². The zero-order chi connectivity index (χ0) is 23.5. The number of aryl methyl sites for hydroxylation is 1. The van der Waals surface area contributed by atoms with Crippen LogP contribution < -0.4 is 5.32 Å². The van der Waals surface area contributed by atoms with Gasteiger partial charge in [0.15, 0.2) is 0 Å². The smallest absolute Gasteiger partial charge is 0.321 e. The first-order chi connectivity index (χ1) is 15.9. The average molecular weight is 453 g/mol. The molecule has 0 aliphatic carbocycles. The molecule has 4 rings (SSSR count). The number of anilines is 1. The minimum absolute atomic E-state index is 0.0421. The van der Waals surface area contributed by atoms with Gasteiger partial charge in [0.1, 0.15) is 11.6 Å². The largest absolute Gasteiger partial charge is 0.345 e. The number of carbonyl (C=O) groups is 2. The summed E-state index contributed by atoms with van der Waals surface area (Å²) in [6.07, 6.45) is 0. The lowest BCUT2D eigenvalue weighted by Gasteiger charge is -2.34. The summed E-state index contributed by atoms with van der Waals surface area (Å²) in [5.74, 6) is 0.575. The van der Waals surface area contributed by atoms with Gasteiger partial charge in [-0.1, -0.05) is 0 Å². The van der Waals surface area contributed by atoms with Crippen LogP contribution in [-0.4, -0.2) is 76.5 Å². The molecule has 0 bridgehead atoms. The van der Waals surface area contributed by atoms with Crippen LogP contribution in [0.2, 0.25) is 0 Å². The third kappa shape index (κ3) is 4.98. The third-order valence-electron chi connectivity index (χ3n) is 5.92. The quantitative estimate of drug-likeness (QED) is 0.645. The van der Waals surface area contributed by atoms with E-state index in [0.29, 0.717) is 30.9 Å². The molecule has 2 aromatic carbocycles. The van der Waals surface area contributed by atoms with Crippen LogP contribution in [-0.2, 0) is 13.1 Å². The number of piperazine rings is 1. The van der Waals surface area contributed by atoms with Crippen molar-refractivity contribution in [3.63, 3.8) is 0 Å². The number of halogens is 1. The Morgan fingerprint density at radius 1 is 1.06 bits per heavy atom. The van der Waals surface area contributed by atoms with Gasteiger partial charge in [0.2, 0.25) is 0 Å². The molecule has 0 radical (unpaired) electrons. The SMILES string of the molecule is CCn1c(CN2CCN(C(=O)Nc3ccc(F)cc3)CC2)nc2cc(C(=O)N(C)C)ccc21. The fraction of sp³-hybridized carbons (Fsp3) is 0.375. The van der Waals surface area contributed by atoms with Gasteiger partial charge < -0.3 is 19.7 Å². The second kappa shape index (κ2) is 9.58. The maximum atomic E-state index is 13.1. The number of aromatic nitrogens is 2. The topological polar surface area (TPSA) is 73.7 Å². The molecule has 1 aliphatic heterocycles. The normalized spacial score (nSPS) is 14.5. The van der Waals surface area contributed by atoms with E-state index in [1.165, 1.54) is 12.1 Å². The Kier molecular flexibility index (Phi) is 6.60. The number of imidazole rings is 1. The molecule has 3 aromatic rings. The standard InChI is InChI=1S/C24H29FN6O2/c1-4-31-21-10-5-17(23(32)28(2)3)15-20(21)27-22(31)16-29-11-13-30(14-12-29)24(33)26-19-8-6-18(25)7-9-19/h5-10,15H,4,11-14,16H2,1-3H3,(H,26,33). The molecule has 0 saturated carbocycles. The molecular weight excluding hydrogens is 423 g/mol. The highest BCUT2D eigenvalue weighted by Gasteiger charge is 2.23. The predicted octanol–water partition coefficient (Wildman–Crippen LogP) is 3.25. The van der Waals surface area contributed by atoms with E-state index in [4.69, 9.17) is 4.98 Å². The molecule has 3 amide bonds. The Balaban J connectivity index is 1.40. The number of carbonyl (C=O) groups excluding carboxylic acids is 2. The van der Waals surface area contributed by atoms with Crippen molar-refractivity contribution in [1.82, 2.24) is 24.3 Å². The van der Waals surface area contributed by atoms with Crippen LogP contribution in [0.25, 0.3) is 11.0 Å². The predicted molar refractivity (Wildman–Crippen MR) is 126 cm³/mol. The molecule has 9 heteroatoms. The molecule has 0 atom stereocenters. The molecule has 1 aliphatic rings. The third-order valence-corrected chi connectivity index (χ3v) is 5.92. The van der Waals surface area contributed by atoms with E-state index in [-0.39, 0.29) is 17.8 Å². The van der Waals surface area contributed by atoms with Crippen LogP contribution in [0.5, 0.6) is 0 Å². The van der Waals surface area contributed by atoms with Crippen LogP contribution in [0, 0.1) is 5.82 Å². The highest BCUT2D eigenvalue weighted by atomic mass is 19.1. The minimum Gasteiger partial charge on any atom is -0.345 e. The van der Waals surface area contributed by atoms with E-state index >= 15 is 0 Å². The zero-order valence-electron chi connectivity index (χ0n) is 19.2. The number of hydrogen-bond acceptors (Lipinski definition) is 4. The molecule has 1 N–H and O–H groups in total. The molecule has 2 heterocycles. The van der Waals surface area contributed by atoms with Gasteiger partial charge in [0.25, 0.3) is 5.91 Å². The zero-order valence-corrected chi connectivity index (χ0v) is 19.2. The van der Waals surface area contributed by atoms with E-state index in [1.54, 1.807) is 36.0 Å². The van der Waals surface area contributed by atoms with E-state index < -0.39 is 0 Å². The summed E-state index contributed by atoms with van der Waals surface area (Å²) in [5.41, 5.74) is 3.03. The molecule has 8 nitrogen and oxygen atoms in total. The Hall–Kier alpha value is -3.46. The fourth-order valence-electron chi connectivity index (χ4n) is 4.09. The second-order valence-electron chi connectivity index (χ2n) is 8.38. The summed E-state index contributed by atoms with van der Waals surface area (Å²) in [4.78, 5) is 35.3. The van der Waals surface area contributed by atoms with Crippen LogP contribution in [0.3, 0.4) is 0 Å². The van der Waals surface area contributed by atoms with Crippen molar-refractivity contribution in [3.05, 3.63) is 59.7 Å². The maximum absolute atomic E-state index is 13.1. The summed E-state index contributed by atoms with van der Waals surface area (Å²) in [6, 6.07) is 11.2. The van der Waals surface area contributed by atoms with Gasteiger partial charge in [-0.2, -0.15) is 0 Å². The first-order valence-corrected chi connectivity index (χ1v) is 11.1. The van der Waals surface area contributed by atoms with Gasteiger partial charge >= 0.3 is 6.03 Å². The molecule has 0 spiro atoms. The number of nitrogens with one attached hydrogen (secondary N) is 1. The Morgan fingerprint density at radius 2 is 1.76 bits per heavy atom. The van der Waals surface area contributed by atoms with Crippen LogP contribution in [0.15, 0.2) is 42.5 Å². The highest BCUT2D eigenvalue weighted by Crippen LogP contribution is 2.21. The first-order valence-electron chi connectivity index (χ1n) is 11.1. The van der Waals surface area contributed by atoms with Crippen molar-refractivity contribution < 1.29 is 14.0 Å². The van der Waals surface area contributed by atoms with E-state index in [0.717, 1.165) is 36.5 Å². The van der Waals surface area contributed by atoms with Crippen LogP contribution >= 0.6 is 0 Å². The van der Waals surface area contributed by atoms with Crippen LogP contribution in [0.1, 0.15) is 23.1 Å². The molecular formula is C24H29FN6O2. The van der Waals surface area contributed by atoms with Crippen molar-refractivity contribution in [2.75, 3.05) is 45.6 Å². The highest BCUT2D eigenvalue weighted by molar-refractivity contribution is 5.97. The maximum Gasteiger partial charge on any atom is 0.321 e. The van der Waals surface area contributed by atoms with Crippen molar-refractivity contribution in [2.45, 2.75) is 20.0 Å². The van der Waals surface area contributed by atoms with Gasteiger partial charge in [0, 0.05) is 58.1 Å². The van der Waals surface area contributed by atoms with Gasteiger partial charge in [-0.05, 0) is 49.4 Å². The van der Waals surface area contributed by atoms with E-state index in [9.17, 15) is 14.0 Å². The summed E-state index contributed by atoms with van der Waals surface area (Å²) in [6.45, 7) is 6.20. The lowest BCUT2D eigenvalue weighted by atomic mass is 10.2. The summed E-state index contributed by atoms with van der Waals surface area (Å²) in [5, 5.41) is 2.82. The number of benzene rings is 2. The summed E-state index contributed by atoms with van der Waals surface area (Å²) >= 11 is 0. The molecule has 174 valence electrons. The molecule has 33 heavy (non-hydrogen) atoms. The second-order valence-corrected chi connectivity index (χ2v) is 8.38. The van der Waals surface area contributed by atoms with Crippen LogP contribution in [0.4, 0.5) is 14.9 Å². The number of amides is 3. The number of nitrogens with zero attached hydrogens (tertiary/aromatic N) is 5. The van der Waals surface area contributed by atoms with Gasteiger partial charge in [-0.25, -0.2) is 14.2 Å². The lowest BCUT2D eigenvalue weighted by molar-refractivity contribution is 0.0827. The average Bonchev–Trinajstić information content (AvgIpc) is 3.16.